The average Bonchev–Trinajstić information content (AvgIpc) is 2.84. The molecule has 2 amide bonds. The van der Waals surface area contributed by atoms with Crippen molar-refractivity contribution in [3.05, 3.63) is 23.3 Å². The summed E-state index contributed by atoms with van der Waals surface area (Å²) in [4.78, 5) is 27.5. The minimum absolute atomic E-state index is 0.196. The van der Waals surface area contributed by atoms with Crippen LogP contribution in [0.3, 0.4) is 0 Å². The minimum atomic E-state index is -0.516. The van der Waals surface area contributed by atoms with Gasteiger partial charge in [0.1, 0.15) is 11.6 Å². The molecular formula is C29H50N4O3. The number of hydrogen-bond acceptors (Lipinski definition) is 5. The summed E-state index contributed by atoms with van der Waals surface area (Å²) in [5.41, 5.74) is 3.97. The van der Waals surface area contributed by atoms with Crippen LogP contribution in [-0.2, 0) is 22.5 Å². The zero-order valence-corrected chi connectivity index (χ0v) is 24.1. The van der Waals surface area contributed by atoms with Crippen molar-refractivity contribution in [1.29, 1.82) is 0 Å². The molecule has 3 N–H and O–H groups in total. The predicted octanol–water partition coefficient (Wildman–Crippen LogP) is 6.04. The van der Waals surface area contributed by atoms with Crippen LogP contribution < -0.4 is 16.0 Å². The monoisotopic (exact) mass is 502 g/mol. The van der Waals surface area contributed by atoms with E-state index in [0.29, 0.717) is 37.4 Å². The van der Waals surface area contributed by atoms with E-state index in [2.05, 4.69) is 69.6 Å². The van der Waals surface area contributed by atoms with Gasteiger partial charge in [-0.2, -0.15) is 0 Å². The summed E-state index contributed by atoms with van der Waals surface area (Å²) in [6.07, 6.45) is 2.32. The van der Waals surface area contributed by atoms with Gasteiger partial charge in [0.15, 0.2) is 0 Å². The zero-order chi connectivity index (χ0) is 27.0. The molecular weight excluding hydrogens is 452 g/mol. The van der Waals surface area contributed by atoms with Gasteiger partial charge in [-0.3, -0.25) is 4.79 Å². The van der Waals surface area contributed by atoms with Gasteiger partial charge >= 0.3 is 6.09 Å². The Balaban J connectivity index is 2.26. The van der Waals surface area contributed by atoms with E-state index in [1.807, 2.05) is 25.7 Å². The Kier molecular flexibility index (Phi) is 10.9. The SMILES string of the molecule is CC(C)CCN1Cc2cc(CC(C)C)c(NCCNC(=O)OC(C)(C)C)cc2N[C@@H](CC(C)C)C1=O. The van der Waals surface area contributed by atoms with Crippen molar-refractivity contribution in [3.63, 3.8) is 0 Å². The lowest BCUT2D eigenvalue weighted by molar-refractivity contribution is -0.132. The van der Waals surface area contributed by atoms with E-state index in [0.717, 1.165) is 37.2 Å². The fourth-order valence-electron chi connectivity index (χ4n) is 4.40. The average molecular weight is 503 g/mol. The number of fused-ring (bicyclic) bond motifs is 1. The second kappa shape index (κ2) is 13.2. The van der Waals surface area contributed by atoms with Crippen LogP contribution >= 0.6 is 0 Å². The van der Waals surface area contributed by atoms with Crippen LogP contribution in [0.5, 0.6) is 0 Å². The molecule has 0 aromatic heterocycles. The van der Waals surface area contributed by atoms with Gasteiger partial charge in [-0.05, 0) is 81.0 Å². The molecule has 0 spiro atoms. The molecule has 1 aromatic carbocycles. The Morgan fingerprint density at radius 3 is 2.36 bits per heavy atom. The number of nitrogens with zero attached hydrogens (tertiary/aromatic N) is 1. The van der Waals surface area contributed by atoms with Gasteiger partial charge in [-0.25, -0.2) is 4.79 Å². The molecule has 0 saturated carbocycles. The molecule has 2 rings (SSSR count). The van der Waals surface area contributed by atoms with Crippen molar-refractivity contribution in [2.45, 2.75) is 99.8 Å². The highest BCUT2D eigenvalue weighted by Gasteiger charge is 2.30. The van der Waals surface area contributed by atoms with E-state index in [4.69, 9.17) is 4.74 Å². The normalized spacial score (nSPS) is 16.2. The van der Waals surface area contributed by atoms with Crippen molar-refractivity contribution in [2.24, 2.45) is 17.8 Å². The quantitative estimate of drug-likeness (QED) is 0.322. The molecule has 204 valence electrons. The highest BCUT2D eigenvalue weighted by atomic mass is 16.6. The molecule has 36 heavy (non-hydrogen) atoms. The van der Waals surface area contributed by atoms with Crippen molar-refractivity contribution in [3.8, 4) is 0 Å². The fraction of sp³-hybridized carbons (Fsp3) is 0.724. The number of ether oxygens (including phenoxy) is 1. The first-order chi connectivity index (χ1) is 16.7. The third-order valence-electron chi connectivity index (χ3n) is 6.05. The molecule has 7 heteroatoms. The van der Waals surface area contributed by atoms with E-state index in [1.165, 1.54) is 11.1 Å². The molecule has 7 nitrogen and oxygen atoms in total. The van der Waals surface area contributed by atoms with Gasteiger partial charge in [0.05, 0.1) is 0 Å². The second-order valence-corrected chi connectivity index (χ2v) is 12.4. The number of hydrogen-bond donors (Lipinski definition) is 3. The van der Waals surface area contributed by atoms with Crippen LogP contribution in [0.1, 0.15) is 86.3 Å². The lowest BCUT2D eigenvalue weighted by Gasteiger charge is -2.26. The Bertz CT molecular complexity index is 874. The number of nitrogens with one attached hydrogen (secondary N) is 3. The summed E-state index contributed by atoms with van der Waals surface area (Å²) in [5, 5.41) is 9.92. The maximum Gasteiger partial charge on any atom is 0.407 e. The van der Waals surface area contributed by atoms with E-state index < -0.39 is 11.7 Å². The van der Waals surface area contributed by atoms with Gasteiger partial charge in [0.25, 0.3) is 0 Å². The Labute approximate surface area is 219 Å². The first-order valence-corrected chi connectivity index (χ1v) is 13.7. The predicted molar refractivity (Wildman–Crippen MR) is 149 cm³/mol. The molecule has 0 radical (unpaired) electrons. The smallest absolute Gasteiger partial charge is 0.407 e. The first kappa shape index (κ1) is 29.8. The molecule has 1 heterocycles. The summed E-state index contributed by atoms with van der Waals surface area (Å²) in [6, 6.07) is 4.20. The Morgan fingerprint density at radius 1 is 1.08 bits per heavy atom. The largest absolute Gasteiger partial charge is 0.444 e. The summed E-state index contributed by atoms with van der Waals surface area (Å²) < 4.78 is 5.33. The van der Waals surface area contributed by atoms with Gasteiger partial charge < -0.3 is 25.6 Å². The summed E-state index contributed by atoms with van der Waals surface area (Å²) in [6.45, 7) is 21.2. The second-order valence-electron chi connectivity index (χ2n) is 12.4. The lowest BCUT2D eigenvalue weighted by atomic mass is 9.97. The summed E-state index contributed by atoms with van der Waals surface area (Å²) in [7, 11) is 0. The third-order valence-corrected chi connectivity index (χ3v) is 6.05. The number of anilines is 2. The maximum atomic E-state index is 13.5. The van der Waals surface area contributed by atoms with E-state index >= 15 is 0 Å². The number of amides is 2. The summed E-state index contributed by atoms with van der Waals surface area (Å²) in [5.74, 6) is 1.66. The number of carbonyl (C=O) groups excluding carboxylic acids is 2. The van der Waals surface area contributed by atoms with Crippen LogP contribution in [0.4, 0.5) is 16.2 Å². The molecule has 0 fully saturated rings. The Hall–Kier alpha value is -2.44. The number of benzene rings is 1. The topological polar surface area (TPSA) is 82.7 Å². The lowest BCUT2D eigenvalue weighted by Crippen LogP contribution is -2.41. The molecule has 1 aliphatic heterocycles. The van der Waals surface area contributed by atoms with Gasteiger partial charge in [-0.1, -0.05) is 41.5 Å². The van der Waals surface area contributed by atoms with Crippen LogP contribution in [0, 0.1) is 17.8 Å². The highest BCUT2D eigenvalue weighted by molar-refractivity contribution is 5.87. The van der Waals surface area contributed by atoms with Crippen LogP contribution in [0.2, 0.25) is 0 Å². The van der Waals surface area contributed by atoms with Crippen molar-refractivity contribution < 1.29 is 14.3 Å². The van der Waals surface area contributed by atoms with Crippen molar-refractivity contribution in [1.82, 2.24) is 10.2 Å². The number of rotatable bonds is 11. The molecule has 1 atom stereocenters. The van der Waals surface area contributed by atoms with E-state index in [-0.39, 0.29) is 11.9 Å². The molecule has 1 aromatic rings. The van der Waals surface area contributed by atoms with Gasteiger partial charge in [0.2, 0.25) is 5.91 Å². The molecule has 0 bridgehead atoms. The van der Waals surface area contributed by atoms with Crippen LogP contribution in [-0.4, -0.2) is 48.2 Å². The molecule has 1 aliphatic rings. The number of carbonyl (C=O) groups is 2. The fourth-order valence-corrected chi connectivity index (χ4v) is 4.40. The van der Waals surface area contributed by atoms with Crippen molar-refractivity contribution in [2.75, 3.05) is 30.3 Å². The van der Waals surface area contributed by atoms with Crippen LogP contribution in [0.25, 0.3) is 0 Å². The third kappa shape index (κ3) is 9.90. The standard InChI is InChI=1S/C29H50N4O3/c1-19(2)10-13-33-18-23-16-22(14-20(3)4)24(30-11-12-31-28(35)36-29(7,8)9)17-25(23)32-26(27(33)34)15-21(5)6/h16-17,19-21,26,30,32H,10-15,18H2,1-9H3,(H,31,35)/t26-/m0/s1. The van der Waals surface area contributed by atoms with Gasteiger partial charge in [-0.15, -0.1) is 0 Å². The first-order valence-electron chi connectivity index (χ1n) is 13.7. The molecule has 0 saturated heterocycles. The van der Waals surface area contributed by atoms with Gasteiger partial charge in [0, 0.05) is 37.6 Å². The van der Waals surface area contributed by atoms with Crippen molar-refractivity contribution >= 4 is 23.4 Å². The minimum Gasteiger partial charge on any atom is -0.444 e. The van der Waals surface area contributed by atoms with E-state index in [9.17, 15) is 9.59 Å². The van der Waals surface area contributed by atoms with E-state index in [1.54, 1.807) is 0 Å². The highest BCUT2D eigenvalue weighted by Crippen LogP contribution is 2.32. The molecule has 0 unspecified atom stereocenters. The zero-order valence-electron chi connectivity index (χ0n) is 24.1. The molecule has 0 aliphatic carbocycles. The number of alkyl carbamates (subject to hydrolysis) is 1. The van der Waals surface area contributed by atoms with Crippen LogP contribution in [0.15, 0.2) is 12.1 Å². The Morgan fingerprint density at radius 2 is 1.78 bits per heavy atom. The summed E-state index contributed by atoms with van der Waals surface area (Å²) >= 11 is 0. The maximum absolute atomic E-state index is 13.5.